The van der Waals surface area contributed by atoms with Gasteiger partial charge < -0.3 is 19.9 Å². The van der Waals surface area contributed by atoms with E-state index in [-0.39, 0.29) is 22.9 Å². The molecule has 25 heavy (non-hydrogen) atoms. The molecule has 3 rings (SSSR count). The quantitative estimate of drug-likeness (QED) is 0.859. The van der Waals surface area contributed by atoms with E-state index in [1.807, 2.05) is 0 Å². The van der Waals surface area contributed by atoms with Crippen molar-refractivity contribution < 1.29 is 14.3 Å². The van der Waals surface area contributed by atoms with Gasteiger partial charge in [0, 0.05) is 45.2 Å². The first-order valence-corrected chi connectivity index (χ1v) is 9.14. The van der Waals surface area contributed by atoms with Crippen molar-refractivity contribution >= 4 is 35.0 Å². The van der Waals surface area contributed by atoms with Gasteiger partial charge in [-0.2, -0.15) is 0 Å². The standard InChI is InChI=1S/C17H21Cl2N3O3/c18-14-3-1-2-13(16(14)19)17(24)22-7-5-21(6-8-22)15(23)10-12-11-25-9-4-20-12/h1-3,12,20H,4-11H2. The van der Waals surface area contributed by atoms with Crippen molar-refractivity contribution in [3.8, 4) is 0 Å². The summed E-state index contributed by atoms with van der Waals surface area (Å²) in [7, 11) is 0. The third kappa shape index (κ3) is 4.44. The fraction of sp³-hybridized carbons (Fsp3) is 0.529. The summed E-state index contributed by atoms with van der Waals surface area (Å²) in [5.41, 5.74) is 0.400. The Bertz CT molecular complexity index is 642. The topological polar surface area (TPSA) is 61.9 Å². The van der Waals surface area contributed by atoms with Crippen LogP contribution < -0.4 is 5.32 Å². The summed E-state index contributed by atoms with van der Waals surface area (Å²) in [6.45, 7) is 4.06. The lowest BCUT2D eigenvalue weighted by Crippen LogP contribution is -2.52. The normalized spacial score (nSPS) is 21.3. The van der Waals surface area contributed by atoms with Crippen LogP contribution in [0.1, 0.15) is 16.8 Å². The maximum Gasteiger partial charge on any atom is 0.255 e. The van der Waals surface area contributed by atoms with Gasteiger partial charge in [0.25, 0.3) is 5.91 Å². The molecule has 0 bridgehead atoms. The van der Waals surface area contributed by atoms with E-state index in [4.69, 9.17) is 27.9 Å². The summed E-state index contributed by atoms with van der Waals surface area (Å²) in [4.78, 5) is 28.5. The van der Waals surface area contributed by atoms with Gasteiger partial charge in [-0.1, -0.05) is 29.3 Å². The SMILES string of the molecule is O=C(CC1COCCN1)N1CCN(C(=O)c2cccc(Cl)c2Cl)CC1. The molecule has 2 aliphatic rings. The Hall–Kier alpha value is -1.34. The molecule has 136 valence electrons. The van der Waals surface area contributed by atoms with Gasteiger partial charge in [0.2, 0.25) is 5.91 Å². The lowest BCUT2D eigenvalue weighted by molar-refractivity contribution is -0.133. The van der Waals surface area contributed by atoms with E-state index in [9.17, 15) is 9.59 Å². The van der Waals surface area contributed by atoms with Gasteiger partial charge in [0.15, 0.2) is 0 Å². The van der Waals surface area contributed by atoms with Crippen molar-refractivity contribution in [2.45, 2.75) is 12.5 Å². The predicted molar refractivity (Wildman–Crippen MR) is 96.2 cm³/mol. The second-order valence-electron chi connectivity index (χ2n) is 6.20. The van der Waals surface area contributed by atoms with Crippen LogP contribution >= 0.6 is 23.2 Å². The molecule has 8 heteroatoms. The van der Waals surface area contributed by atoms with Gasteiger partial charge in [0.05, 0.1) is 28.8 Å². The molecule has 0 spiro atoms. The Kier molecular flexibility index (Phi) is 6.17. The maximum atomic E-state index is 12.6. The molecule has 0 radical (unpaired) electrons. The molecule has 1 unspecified atom stereocenters. The van der Waals surface area contributed by atoms with Crippen molar-refractivity contribution in [1.29, 1.82) is 0 Å². The average Bonchev–Trinajstić information content (AvgIpc) is 2.64. The lowest BCUT2D eigenvalue weighted by Gasteiger charge is -2.36. The Morgan fingerprint density at radius 2 is 1.88 bits per heavy atom. The van der Waals surface area contributed by atoms with Crippen LogP contribution in [0.25, 0.3) is 0 Å². The molecule has 6 nitrogen and oxygen atoms in total. The number of halogens is 2. The van der Waals surface area contributed by atoms with Crippen LogP contribution in [0.2, 0.25) is 10.0 Å². The van der Waals surface area contributed by atoms with Crippen LogP contribution in [0.15, 0.2) is 18.2 Å². The van der Waals surface area contributed by atoms with Crippen LogP contribution in [-0.2, 0) is 9.53 Å². The zero-order valence-electron chi connectivity index (χ0n) is 13.8. The van der Waals surface area contributed by atoms with E-state index in [0.717, 1.165) is 6.54 Å². The van der Waals surface area contributed by atoms with E-state index in [1.165, 1.54) is 0 Å². The van der Waals surface area contributed by atoms with Crippen molar-refractivity contribution in [2.75, 3.05) is 45.9 Å². The molecule has 0 aromatic heterocycles. The molecule has 0 saturated carbocycles. The molecular weight excluding hydrogens is 365 g/mol. The van der Waals surface area contributed by atoms with Crippen LogP contribution in [0.5, 0.6) is 0 Å². The van der Waals surface area contributed by atoms with Crippen LogP contribution in [0.3, 0.4) is 0 Å². The van der Waals surface area contributed by atoms with Crippen molar-refractivity contribution in [3.63, 3.8) is 0 Å². The summed E-state index contributed by atoms with van der Waals surface area (Å²) >= 11 is 12.1. The van der Waals surface area contributed by atoms with Gasteiger partial charge in [-0.25, -0.2) is 0 Å². The Balaban J connectivity index is 1.53. The number of nitrogens with one attached hydrogen (secondary N) is 1. The highest BCUT2D eigenvalue weighted by Crippen LogP contribution is 2.26. The third-order valence-corrected chi connectivity index (χ3v) is 5.34. The molecule has 2 amide bonds. The number of piperazine rings is 1. The number of carbonyl (C=O) groups excluding carboxylic acids is 2. The average molecular weight is 386 g/mol. The summed E-state index contributed by atoms with van der Waals surface area (Å²) in [5.74, 6) is -0.0576. The number of benzene rings is 1. The predicted octanol–water partition coefficient (Wildman–Crippen LogP) is 1.66. The van der Waals surface area contributed by atoms with E-state index >= 15 is 0 Å². The van der Waals surface area contributed by atoms with Crippen molar-refractivity contribution in [1.82, 2.24) is 15.1 Å². The van der Waals surface area contributed by atoms with E-state index in [2.05, 4.69) is 5.32 Å². The zero-order chi connectivity index (χ0) is 17.8. The molecule has 2 heterocycles. The third-order valence-electron chi connectivity index (χ3n) is 4.52. The number of ether oxygens (including phenoxy) is 1. The highest BCUT2D eigenvalue weighted by Gasteiger charge is 2.27. The second-order valence-corrected chi connectivity index (χ2v) is 6.99. The summed E-state index contributed by atoms with van der Waals surface area (Å²) in [6, 6.07) is 5.11. The van der Waals surface area contributed by atoms with Gasteiger partial charge in [-0.15, -0.1) is 0 Å². The van der Waals surface area contributed by atoms with Gasteiger partial charge in [0.1, 0.15) is 0 Å². The van der Waals surface area contributed by atoms with Crippen molar-refractivity contribution in [2.24, 2.45) is 0 Å². The lowest BCUT2D eigenvalue weighted by atomic mass is 10.1. The van der Waals surface area contributed by atoms with Crippen LogP contribution in [0, 0.1) is 0 Å². The fourth-order valence-electron chi connectivity index (χ4n) is 3.09. The largest absolute Gasteiger partial charge is 0.378 e. The summed E-state index contributed by atoms with van der Waals surface area (Å²) in [5, 5.41) is 3.92. The number of nitrogens with zero attached hydrogens (tertiary/aromatic N) is 2. The minimum atomic E-state index is -0.151. The minimum Gasteiger partial charge on any atom is -0.378 e. The molecule has 1 aromatic rings. The van der Waals surface area contributed by atoms with E-state index in [0.29, 0.717) is 56.4 Å². The Morgan fingerprint density at radius 3 is 2.56 bits per heavy atom. The van der Waals surface area contributed by atoms with Gasteiger partial charge in [-0.3, -0.25) is 9.59 Å². The van der Waals surface area contributed by atoms with Gasteiger partial charge in [-0.05, 0) is 12.1 Å². The highest BCUT2D eigenvalue weighted by molar-refractivity contribution is 6.43. The van der Waals surface area contributed by atoms with Crippen molar-refractivity contribution in [3.05, 3.63) is 33.8 Å². The molecule has 0 aliphatic carbocycles. The zero-order valence-corrected chi connectivity index (χ0v) is 15.4. The second kappa shape index (κ2) is 8.36. The number of rotatable bonds is 3. The number of hydrogen-bond donors (Lipinski definition) is 1. The number of carbonyl (C=O) groups is 2. The van der Waals surface area contributed by atoms with Gasteiger partial charge >= 0.3 is 0 Å². The first-order chi connectivity index (χ1) is 12.1. The smallest absolute Gasteiger partial charge is 0.255 e. The Labute approximate surface area is 157 Å². The number of hydrogen-bond acceptors (Lipinski definition) is 4. The molecule has 2 aliphatic heterocycles. The fourth-order valence-corrected chi connectivity index (χ4v) is 3.47. The molecule has 1 atom stereocenters. The maximum absolute atomic E-state index is 12.6. The number of amides is 2. The minimum absolute atomic E-state index is 0.0752. The number of morpholine rings is 1. The van der Waals surface area contributed by atoms with Crippen LogP contribution in [-0.4, -0.2) is 73.6 Å². The summed E-state index contributed by atoms with van der Waals surface area (Å²) < 4.78 is 5.38. The highest BCUT2D eigenvalue weighted by atomic mass is 35.5. The van der Waals surface area contributed by atoms with E-state index in [1.54, 1.807) is 28.0 Å². The first-order valence-electron chi connectivity index (χ1n) is 8.38. The van der Waals surface area contributed by atoms with Crippen LogP contribution in [0.4, 0.5) is 0 Å². The Morgan fingerprint density at radius 1 is 1.16 bits per heavy atom. The molecule has 2 saturated heterocycles. The molecule has 2 fully saturated rings. The monoisotopic (exact) mass is 385 g/mol. The van der Waals surface area contributed by atoms with E-state index < -0.39 is 0 Å². The first kappa shape index (κ1) is 18.5. The summed E-state index contributed by atoms with van der Waals surface area (Å²) in [6.07, 6.45) is 0.425. The molecule has 1 N–H and O–H groups in total. The molecule has 1 aromatic carbocycles. The molecular formula is C17H21Cl2N3O3.